The van der Waals surface area contributed by atoms with E-state index < -0.39 is 27.2 Å². The van der Waals surface area contributed by atoms with E-state index in [1.54, 1.807) is 0 Å². The topological polar surface area (TPSA) is 131 Å². The van der Waals surface area contributed by atoms with E-state index in [1.807, 2.05) is 36.2 Å². The second kappa shape index (κ2) is 9.77. The van der Waals surface area contributed by atoms with Gasteiger partial charge in [-0.15, -0.1) is 0 Å². The Balaban J connectivity index is 1.52. The standard InChI is InChI=1S/C23H25ClN6O5S/c1-28(13-15-2-4-16(24)5-3-15)22-20-21(26-14-27-22)25-12-18-10-11-35-23(20)29(18)36(33,34)19-8-6-17(7-9-19)30(31)32/h2-6,8-9,14,17-18,23H,7,10-13H2,1H3,(H,25,26,27)/t17?,18-,23+/m0/s1. The van der Waals surface area contributed by atoms with Crippen LogP contribution in [0.5, 0.6) is 0 Å². The van der Waals surface area contributed by atoms with E-state index in [1.165, 1.54) is 28.9 Å². The summed E-state index contributed by atoms with van der Waals surface area (Å²) in [6.07, 6.45) is 5.04. The Hall–Kier alpha value is -3.06. The number of nitrogens with one attached hydrogen (secondary N) is 1. The summed E-state index contributed by atoms with van der Waals surface area (Å²) in [5.41, 5.74) is 1.53. The fraction of sp³-hybridized carbons (Fsp3) is 0.391. The van der Waals surface area contributed by atoms with Crippen LogP contribution in [0.15, 0.2) is 53.7 Å². The number of rotatable bonds is 6. The van der Waals surface area contributed by atoms with E-state index in [4.69, 9.17) is 16.3 Å². The first kappa shape index (κ1) is 24.6. The van der Waals surface area contributed by atoms with Crippen LogP contribution >= 0.6 is 11.6 Å². The average molecular weight is 533 g/mol. The maximum absolute atomic E-state index is 13.9. The summed E-state index contributed by atoms with van der Waals surface area (Å²) in [5, 5.41) is 15.0. The SMILES string of the molecule is CN(Cc1ccc(Cl)cc1)c1ncnc2c1[C@H]1OCC[C@@H](CN2)N1S(=O)(=O)C1=CCC([N+](=O)[O-])C=C1. The molecule has 0 amide bonds. The number of sulfonamides is 1. The van der Waals surface area contributed by atoms with Crippen molar-refractivity contribution >= 4 is 33.3 Å². The Morgan fingerprint density at radius 2 is 2.08 bits per heavy atom. The predicted molar refractivity (Wildman–Crippen MR) is 135 cm³/mol. The second-order valence-electron chi connectivity index (χ2n) is 8.88. The van der Waals surface area contributed by atoms with Crippen molar-refractivity contribution < 1.29 is 18.1 Å². The summed E-state index contributed by atoms with van der Waals surface area (Å²) in [6, 6.07) is 6.13. The lowest BCUT2D eigenvalue weighted by molar-refractivity contribution is -0.508. The van der Waals surface area contributed by atoms with Gasteiger partial charge < -0.3 is 15.0 Å². The lowest BCUT2D eigenvalue weighted by atomic mass is 10.1. The molecule has 1 aromatic heterocycles. The van der Waals surface area contributed by atoms with Crippen LogP contribution in [0.25, 0.3) is 0 Å². The van der Waals surface area contributed by atoms with Crippen LogP contribution in [0.2, 0.25) is 5.02 Å². The number of fused-ring (bicyclic) bond motifs is 4. The van der Waals surface area contributed by atoms with Crippen molar-refractivity contribution in [3.8, 4) is 0 Å². The Kier molecular flexibility index (Phi) is 6.68. The zero-order chi connectivity index (χ0) is 25.4. The number of nitro groups is 1. The quantitative estimate of drug-likeness (QED) is 0.440. The number of hydrogen-bond acceptors (Lipinski definition) is 9. The average Bonchev–Trinajstić information content (AvgIpc) is 2.97. The molecule has 0 spiro atoms. The fourth-order valence-electron chi connectivity index (χ4n) is 4.70. The molecule has 13 heteroatoms. The zero-order valence-corrected chi connectivity index (χ0v) is 21.0. The third-order valence-corrected chi connectivity index (χ3v) is 8.71. The Labute approximate surface area is 213 Å². The minimum absolute atomic E-state index is 0.00905. The van der Waals surface area contributed by atoms with Gasteiger partial charge in [0.1, 0.15) is 18.0 Å². The molecule has 5 rings (SSSR count). The van der Waals surface area contributed by atoms with Crippen molar-refractivity contribution in [3.05, 3.63) is 80.0 Å². The summed E-state index contributed by atoms with van der Waals surface area (Å²) in [4.78, 5) is 21.5. The summed E-state index contributed by atoms with van der Waals surface area (Å²) >= 11 is 6.02. The molecular formula is C23H25ClN6O5S. The van der Waals surface area contributed by atoms with Crippen molar-refractivity contribution in [1.82, 2.24) is 14.3 Å². The minimum atomic E-state index is -4.03. The first-order valence-corrected chi connectivity index (χ1v) is 13.3. The van der Waals surface area contributed by atoms with E-state index in [0.717, 1.165) is 5.56 Å². The molecule has 1 saturated heterocycles. The largest absolute Gasteiger partial charge is 0.368 e. The highest BCUT2D eigenvalue weighted by Gasteiger charge is 2.46. The van der Waals surface area contributed by atoms with Crippen molar-refractivity contribution in [2.75, 3.05) is 30.4 Å². The first-order chi connectivity index (χ1) is 17.3. The van der Waals surface area contributed by atoms with Gasteiger partial charge in [0.25, 0.3) is 0 Å². The van der Waals surface area contributed by atoms with Crippen LogP contribution < -0.4 is 10.2 Å². The lowest BCUT2D eigenvalue weighted by Crippen LogP contribution is -2.49. The van der Waals surface area contributed by atoms with Crippen molar-refractivity contribution in [2.45, 2.75) is 37.7 Å². The lowest BCUT2D eigenvalue weighted by Gasteiger charge is -2.40. The Bertz CT molecular complexity index is 1330. The highest BCUT2D eigenvalue weighted by Crippen LogP contribution is 2.43. The smallest absolute Gasteiger partial charge is 0.245 e. The van der Waals surface area contributed by atoms with Gasteiger partial charge in [0.05, 0.1) is 17.1 Å². The summed E-state index contributed by atoms with van der Waals surface area (Å²) in [6.45, 7) is 1.22. The van der Waals surface area contributed by atoms with Gasteiger partial charge in [-0.25, -0.2) is 18.4 Å². The molecule has 1 N–H and O–H groups in total. The molecule has 36 heavy (non-hydrogen) atoms. The van der Waals surface area contributed by atoms with Gasteiger partial charge in [0, 0.05) is 42.5 Å². The summed E-state index contributed by atoms with van der Waals surface area (Å²) < 4.78 is 35.2. The van der Waals surface area contributed by atoms with Gasteiger partial charge >= 0.3 is 0 Å². The molecule has 0 radical (unpaired) electrons. The number of aromatic nitrogens is 2. The van der Waals surface area contributed by atoms with Crippen LogP contribution in [0.3, 0.4) is 0 Å². The van der Waals surface area contributed by atoms with Crippen LogP contribution in [0, 0.1) is 10.1 Å². The molecular weight excluding hydrogens is 508 g/mol. The molecule has 11 nitrogen and oxygen atoms in total. The number of hydrogen-bond donors (Lipinski definition) is 1. The number of halogens is 1. The molecule has 1 fully saturated rings. The number of allylic oxidation sites excluding steroid dienone is 1. The Morgan fingerprint density at radius 3 is 2.78 bits per heavy atom. The number of anilines is 2. The van der Waals surface area contributed by atoms with Crippen LogP contribution in [-0.2, 0) is 21.3 Å². The molecule has 0 saturated carbocycles. The van der Waals surface area contributed by atoms with Crippen LogP contribution in [0.1, 0.15) is 30.2 Å². The van der Waals surface area contributed by atoms with Gasteiger partial charge in [0.2, 0.25) is 16.1 Å². The molecule has 2 aromatic rings. The normalized spacial score (nSPS) is 23.7. The van der Waals surface area contributed by atoms with Crippen LogP contribution in [-0.4, -0.2) is 59.9 Å². The Morgan fingerprint density at radius 1 is 1.31 bits per heavy atom. The molecule has 3 heterocycles. The summed E-state index contributed by atoms with van der Waals surface area (Å²) in [7, 11) is -2.17. The monoisotopic (exact) mass is 532 g/mol. The van der Waals surface area contributed by atoms with Crippen molar-refractivity contribution in [1.29, 1.82) is 0 Å². The zero-order valence-electron chi connectivity index (χ0n) is 19.4. The van der Waals surface area contributed by atoms with Gasteiger partial charge in [-0.2, -0.15) is 4.31 Å². The van der Waals surface area contributed by atoms with E-state index in [2.05, 4.69) is 15.3 Å². The van der Waals surface area contributed by atoms with Crippen molar-refractivity contribution in [2.24, 2.45) is 0 Å². The third-order valence-electron chi connectivity index (χ3n) is 6.52. The highest BCUT2D eigenvalue weighted by molar-refractivity contribution is 7.93. The molecule has 2 bridgehead atoms. The summed E-state index contributed by atoms with van der Waals surface area (Å²) in [5.74, 6) is 1.05. The van der Waals surface area contributed by atoms with Gasteiger partial charge in [-0.05, 0) is 36.3 Å². The molecule has 1 unspecified atom stereocenters. The van der Waals surface area contributed by atoms with E-state index >= 15 is 0 Å². The third kappa shape index (κ3) is 4.57. The van der Waals surface area contributed by atoms with E-state index in [9.17, 15) is 18.5 Å². The number of ether oxygens (including phenoxy) is 1. The van der Waals surface area contributed by atoms with E-state index in [-0.39, 0.29) is 17.4 Å². The highest BCUT2D eigenvalue weighted by atomic mass is 35.5. The molecule has 3 atom stereocenters. The molecule has 2 aliphatic heterocycles. The first-order valence-electron chi connectivity index (χ1n) is 11.5. The second-order valence-corrected chi connectivity index (χ2v) is 11.2. The predicted octanol–water partition coefficient (Wildman–Crippen LogP) is 3.10. The minimum Gasteiger partial charge on any atom is -0.368 e. The van der Waals surface area contributed by atoms with Gasteiger partial charge in [0.15, 0.2) is 6.23 Å². The van der Waals surface area contributed by atoms with Crippen molar-refractivity contribution in [3.63, 3.8) is 0 Å². The molecule has 3 aliphatic rings. The molecule has 1 aliphatic carbocycles. The fourth-order valence-corrected chi connectivity index (χ4v) is 6.62. The molecule has 1 aromatic carbocycles. The number of benzene rings is 1. The van der Waals surface area contributed by atoms with Gasteiger partial charge in [-0.3, -0.25) is 10.1 Å². The molecule has 190 valence electrons. The van der Waals surface area contributed by atoms with Gasteiger partial charge in [-0.1, -0.05) is 29.8 Å². The maximum atomic E-state index is 13.9. The maximum Gasteiger partial charge on any atom is 0.245 e. The van der Waals surface area contributed by atoms with E-state index in [0.29, 0.717) is 48.3 Å². The van der Waals surface area contributed by atoms with Crippen LogP contribution in [0.4, 0.5) is 11.6 Å². The number of nitrogens with zero attached hydrogens (tertiary/aromatic N) is 5.